The van der Waals surface area contributed by atoms with Gasteiger partial charge in [0, 0.05) is 24.3 Å². The van der Waals surface area contributed by atoms with Crippen LogP contribution in [0.25, 0.3) is 0 Å². The number of hydrogen-bond acceptors (Lipinski definition) is 5. The van der Waals surface area contributed by atoms with Crippen molar-refractivity contribution in [3.63, 3.8) is 0 Å². The summed E-state index contributed by atoms with van der Waals surface area (Å²) in [5, 5.41) is 10.5. The third kappa shape index (κ3) is 3.23. The van der Waals surface area contributed by atoms with Crippen LogP contribution in [0.1, 0.15) is 29.8 Å². The summed E-state index contributed by atoms with van der Waals surface area (Å²) in [4.78, 5) is 5.58. The predicted octanol–water partition coefficient (Wildman–Crippen LogP) is 2.35. The fourth-order valence-corrected chi connectivity index (χ4v) is 2.51. The zero-order chi connectivity index (χ0) is 15.4. The molecule has 1 aromatic carbocycles. The van der Waals surface area contributed by atoms with Gasteiger partial charge in [-0.1, -0.05) is 19.1 Å². The lowest BCUT2D eigenvalue weighted by Gasteiger charge is -2.24. The highest BCUT2D eigenvalue weighted by Crippen LogP contribution is 2.22. The second-order valence-corrected chi connectivity index (χ2v) is 5.37. The molecule has 1 aromatic heterocycles. The van der Waals surface area contributed by atoms with Crippen molar-refractivity contribution in [3.8, 4) is 5.75 Å². The van der Waals surface area contributed by atoms with E-state index in [1.807, 2.05) is 31.2 Å². The van der Waals surface area contributed by atoms with Gasteiger partial charge >= 0.3 is 0 Å². The van der Waals surface area contributed by atoms with Crippen LogP contribution in [0.2, 0.25) is 0 Å². The standard InChI is InChI=1S/C16H22N4O2/c1-3-14-11(2)16(19-18-14)20-22-13-6-4-12(5-7-13)15-10-17-8-9-21-15/h4-7,15,17H,3,8-10H2,1-2H3,(H2,18,19,20). The second kappa shape index (κ2) is 6.81. The number of morpholine rings is 1. The molecule has 0 spiro atoms. The Morgan fingerprint density at radius 1 is 1.36 bits per heavy atom. The molecule has 0 saturated carbocycles. The van der Waals surface area contributed by atoms with Crippen molar-refractivity contribution < 1.29 is 9.57 Å². The Morgan fingerprint density at radius 2 is 2.18 bits per heavy atom. The number of benzene rings is 1. The third-order valence-electron chi connectivity index (χ3n) is 3.91. The maximum Gasteiger partial charge on any atom is 0.184 e. The minimum absolute atomic E-state index is 0.122. The van der Waals surface area contributed by atoms with Crippen molar-refractivity contribution in [3.05, 3.63) is 41.1 Å². The van der Waals surface area contributed by atoms with Crippen molar-refractivity contribution in [1.29, 1.82) is 0 Å². The normalized spacial score (nSPS) is 18.2. The average molecular weight is 302 g/mol. The lowest BCUT2D eigenvalue weighted by Crippen LogP contribution is -2.33. The maximum atomic E-state index is 5.73. The molecule has 6 heteroatoms. The summed E-state index contributed by atoms with van der Waals surface area (Å²) < 4.78 is 5.73. The van der Waals surface area contributed by atoms with Crippen LogP contribution in [-0.2, 0) is 11.2 Å². The van der Waals surface area contributed by atoms with Gasteiger partial charge in [-0.3, -0.25) is 5.10 Å². The van der Waals surface area contributed by atoms with Crippen LogP contribution in [0, 0.1) is 6.92 Å². The number of aryl methyl sites for hydroxylation is 1. The summed E-state index contributed by atoms with van der Waals surface area (Å²) in [7, 11) is 0. The molecule has 3 rings (SSSR count). The summed E-state index contributed by atoms with van der Waals surface area (Å²) in [5.74, 6) is 1.47. The molecular formula is C16H22N4O2. The Morgan fingerprint density at radius 3 is 2.82 bits per heavy atom. The molecule has 1 atom stereocenters. The molecule has 0 amide bonds. The van der Waals surface area contributed by atoms with E-state index in [-0.39, 0.29) is 6.10 Å². The third-order valence-corrected chi connectivity index (χ3v) is 3.91. The van der Waals surface area contributed by atoms with Crippen LogP contribution in [-0.4, -0.2) is 29.9 Å². The minimum atomic E-state index is 0.122. The molecule has 1 aliphatic rings. The molecule has 0 bridgehead atoms. The van der Waals surface area contributed by atoms with Crippen LogP contribution >= 0.6 is 0 Å². The summed E-state index contributed by atoms with van der Waals surface area (Å²) in [6, 6.07) is 7.93. The Balaban J connectivity index is 1.59. The van der Waals surface area contributed by atoms with Crippen LogP contribution < -0.4 is 15.6 Å². The van der Waals surface area contributed by atoms with E-state index in [2.05, 4.69) is 27.9 Å². The van der Waals surface area contributed by atoms with Crippen LogP contribution in [0.3, 0.4) is 0 Å². The average Bonchev–Trinajstić information content (AvgIpc) is 2.94. The van der Waals surface area contributed by atoms with Gasteiger partial charge in [-0.25, -0.2) is 5.48 Å². The lowest BCUT2D eigenvalue weighted by atomic mass is 10.1. The van der Waals surface area contributed by atoms with Gasteiger partial charge in [0.05, 0.1) is 12.7 Å². The van der Waals surface area contributed by atoms with E-state index in [1.165, 1.54) is 0 Å². The van der Waals surface area contributed by atoms with Crippen molar-refractivity contribution in [2.45, 2.75) is 26.4 Å². The van der Waals surface area contributed by atoms with Gasteiger partial charge < -0.3 is 14.9 Å². The number of hydrogen-bond donors (Lipinski definition) is 3. The van der Waals surface area contributed by atoms with Crippen molar-refractivity contribution in [2.75, 3.05) is 25.2 Å². The number of ether oxygens (including phenoxy) is 1. The molecular weight excluding hydrogens is 280 g/mol. The molecule has 0 aliphatic carbocycles. The Bertz CT molecular complexity index is 603. The zero-order valence-electron chi connectivity index (χ0n) is 13.0. The number of rotatable bonds is 5. The smallest absolute Gasteiger partial charge is 0.184 e. The molecule has 0 radical (unpaired) electrons. The molecule has 1 saturated heterocycles. The van der Waals surface area contributed by atoms with E-state index >= 15 is 0 Å². The summed E-state index contributed by atoms with van der Waals surface area (Å²) in [6.07, 6.45) is 1.04. The number of anilines is 1. The first-order valence-electron chi connectivity index (χ1n) is 7.67. The monoisotopic (exact) mass is 302 g/mol. The predicted molar refractivity (Wildman–Crippen MR) is 85.0 cm³/mol. The minimum Gasteiger partial charge on any atom is -0.381 e. The molecule has 2 heterocycles. The van der Waals surface area contributed by atoms with E-state index in [9.17, 15) is 0 Å². The largest absolute Gasteiger partial charge is 0.381 e. The fourth-order valence-electron chi connectivity index (χ4n) is 2.51. The van der Waals surface area contributed by atoms with Gasteiger partial charge in [0.2, 0.25) is 0 Å². The van der Waals surface area contributed by atoms with Crippen molar-refractivity contribution in [1.82, 2.24) is 15.5 Å². The Hall–Kier alpha value is -2.05. The van der Waals surface area contributed by atoms with Crippen molar-refractivity contribution >= 4 is 5.82 Å². The van der Waals surface area contributed by atoms with E-state index in [0.717, 1.165) is 54.5 Å². The fraction of sp³-hybridized carbons (Fsp3) is 0.438. The first kappa shape index (κ1) is 14.9. The van der Waals surface area contributed by atoms with E-state index < -0.39 is 0 Å². The Kier molecular flexibility index (Phi) is 4.60. The molecule has 1 fully saturated rings. The molecule has 3 N–H and O–H groups in total. The molecule has 118 valence electrons. The number of H-pyrrole nitrogens is 1. The van der Waals surface area contributed by atoms with Gasteiger partial charge in [-0.05, 0) is 31.0 Å². The lowest BCUT2D eigenvalue weighted by molar-refractivity contribution is 0.0277. The quantitative estimate of drug-likeness (QED) is 0.740. The van der Waals surface area contributed by atoms with E-state index in [4.69, 9.17) is 9.57 Å². The maximum absolute atomic E-state index is 5.73. The summed E-state index contributed by atoms with van der Waals surface area (Å²) in [6.45, 7) is 6.63. The first-order valence-corrected chi connectivity index (χ1v) is 7.67. The molecule has 22 heavy (non-hydrogen) atoms. The molecule has 1 aliphatic heterocycles. The highest BCUT2D eigenvalue weighted by atomic mass is 16.6. The number of aromatic amines is 1. The number of aromatic nitrogens is 2. The highest BCUT2D eigenvalue weighted by Gasteiger charge is 2.15. The first-order chi connectivity index (χ1) is 10.8. The van der Waals surface area contributed by atoms with Gasteiger partial charge in [0.15, 0.2) is 11.6 Å². The van der Waals surface area contributed by atoms with Gasteiger partial charge in [0.25, 0.3) is 0 Å². The topological polar surface area (TPSA) is 71.2 Å². The zero-order valence-corrected chi connectivity index (χ0v) is 13.0. The number of nitrogens with one attached hydrogen (secondary N) is 3. The second-order valence-electron chi connectivity index (χ2n) is 5.37. The molecule has 1 unspecified atom stereocenters. The van der Waals surface area contributed by atoms with Gasteiger partial charge in [-0.2, -0.15) is 5.10 Å². The highest BCUT2D eigenvalue weighted by molar-refractivity contribution is 5.44. The van der Waals surface area contributed by atoms with Crippen LogP contribution in [0.15, 0.2) is 24.3 Å². The van der Waals surface area contributed by atoms with Crippen LogP contribution in [0.4, 0.5) is 5.82 Å². The summed E-state index contributed by atoms with van der Waals surface area (Å²) in [5.41, 5.74) is 6.25. The van der Waals surface area contributed by atoms with E-state index in [0.29, 0.717) is 0 Å². The SMILES string of the molecule is CCc1[nH]nc(NOc2ccc(C3CNCCO3)cc2)c1C. The summed E-state index contributed by atoms with van der Waals surface area (Å²) >= 11 is 0. The molecule has 2 aromatic rings. The van der Waals surface area contributed by atoms with E-state index in [1.54, 1.807) is 0 Å². The van der Waals surface area contributed by atoms with Crippen LogP contribution in [0.5, 0.6) is 5.75 Å². The number of nitrogens with zero attached hydrogens (tertiary/aromatic N) is 1. The Labute approximate surface area is 130 Å². The molecule has 6 nitrogen and oxygen atoms in total. The van der Waals surface area contributed by atoms with Gasteiger partial charge in [-0.15, -0.1) is 0 Å². The van der Waals surface area contributed by atoms with Crippen molar-refractivity contribution in [2.24, 2.45) is 0 Å². The van der Waals surface area contributed by atoms with Gasteiger partial charge in [0.1, 0.15) is 0 Å².